The molecule has 1 aliphatic rings. The van der Waals surface area contributed by atoms with Gasteiger partial charge in [-0.2, -0.15) is 0 Å². The summed E-state index contributed by atoms with van der Waals surface area (Å²) in [6.07, 6.45) is 6.19. The van der Waals surface area contributed by atoms with Crippen molar-refractivity contribution in [3.8, 4) is 5.75 Å². The van der Waals surface area contributed by atoms with E-state index in [1.54, 1.807) is 0 Å². The van der Waals surface area contributed by atoms with Gasteiger partial charge < -0.3 is 15.7 Å². The lowest BCUT2D eigenvalue weighted by atomic mass is 9.78. The normalized spacial score (nSPS) is 15.1. The molecule has 1 fully saturated rings. The summed E-state index contributed by atoms with van der Waals surface area (Å²) in [6.45, 7) is 12.8. The molecule has 0 unspecified atom stereocenters. The quantitative estimate of drug-likeness (QED) is 0.481. The third kappa shape index (κ3) is 6.05. The molecule has 0 aliphatic heterocycles. The van der Waals surface area contributed by atoms with Gasteiger partial charge in [0.1, 0.15) is 5.75 Å². The second-order valence-electron chi connectivity index (χ2n) is 11.3. The number of rotatable bonds is 5. The minimum atomic E-state index is -0.141. The highest BCUT2D eigenvalue weighted by Gasteiger charge is 2.26. The lowest BCUT2D eigenvalue weighted by molar-refractivity contribution is 0.248. The van der Waals surface area contributed by atoms with Gasteiger partial charge in [-0.25, -0.2) is 4.79 Å². The minimum Gasteiger partial charge on any atom is -0.507 e. The molecule has 174 valence electrons. The number of carbonyl (C=O) groups is 1. The van der Waals surface area contributed by atoms with E-state index < -0.39 is 0 Å². The van der Waals surface area contributed by atoms with Gasteiger partial charge >= 0.3 is 6.03 Å². The molecule has 4 heteroatoms. The second kappa shape index (κ2) is 9.56. The van der Waals surface area contributed by atoms with Gasteiger partial charge in [0.05, 0.1) is 0 Å². The molecule has 0 aromatic heterocycles. The summed E-state index contributed by atoms with van der Waals surface area (Å²) in [5.41, 5.74) is 4.90. The molecule has 0 bridgehead atoms. The Kier molecular flexibility index (Phi) is 7.22. The molecule has 0 spiro atoms. The Morgan fingerprint density at radius 2 is 1.50 bits per heavy atom. The van der Waals surface area contributed by atoms with Crippen LogP contribution in [0.15, 0.2) is 36.4 Å². The molecule has 0 heterocycles. The Bertz CT molecular complexity index is 910. The van der Waals surface area contributed by atoms with Crippen molar-refractivity contribution in [1.29, 1.82) is 0 Å². The number of aryl methyl sites for hydroxylation is 2. The highest BCUT2D eigenvalue weighted by atomic mass is 16.3. The van der Waals surface area contributed by atoms with Gasteiger partial charge in [0.25, 0.3) is 0 Å². The summed E-state index contributed by atoms with van der Waals surface area (Å²) in [4.78, 5) is 12.5. The third-order valence-electron chi connectivity index (χ3n) is 6.42. The fourth-order valence-corrected chi connectivity index (χ4v) is 4.54. The number of aromatic hydroxyl groups is 1. The summed E-state index contributed by atoms with van der Waals surface area (Å²) < 4.78 is 0. The molecule has 2 aromatic rings. The van der Waals surface area contributed by atoms with Crippen LogP contribution in [-0.2, 0) is 23.7 Å². The Labute approximate surface area is 193 Å². The first-order valence-corrected chi connectivity index (χ1v) is 12.0. The Balaban J connectivity index is 1.79. The van der Waals surface area contributed by atoms with Crippen LogP contribution in [0.25, 0.3) is 0 Å². The van der Waals surface area contributed by atoms with Crippen LogP contribution in [0.1, 0.15) is 89.5 Å². The molecule has 1 saturated carbocycles. The van der Waals surface area contributed by atoms with E-state index in [4.69, 9.17) is 0 Å². The van der Waals surface area contributed by atoms with Crippen molar-refractivity contribution in [3.05, 3.63) is 58.7 Å². The molecule has 2 aromatic carbocycles. The Hall–Kier alpha value is -2.49. The van der Waals surface area contributed by atoms with Gasteiger partial charge in [-0.3, -0.25) is 0 Å². The largest absolute Gasteiger partial charge is 0.507 e. The van der Waals surface area contributed by atoms with Gasteiger partial charge in [-0.15, -0.1) is 0 Å². The van der Waals surface area contributed by atoms with Crippen molar-refractivity contribution in [2.45, 2.75) is 96.9 Å². The first-order chi connectivity index (χ1) is 14.9. The third-order valence-corrected chi connectivity index (χ3v) is 6.42. The molecule has 3 N–H and O–H groups in total. The first kappa shape index (κ1) is 24.2. The molecule has 0 saturated heterocycles. The van der Waals surface area contributed by atoms with Crippen molar-refractivity contribution in [3.63, 3.8) is 0 Å². The van der Waals surface area contributed by atoms with E-state index in [1.807, 2.05) is 18.2 Å². The first-order valence-electron chi connectivity index (χ1n) is 12.0. The molecule has 2 amide bonds. The molecule has 4 nitrogen and oxygen atoms in total. The average molecular weight is 437 g/mol. The molecular weight excluding hydrogens is 396 g/mol. The molecular formula is C28H40N2O2. The standard InChI is InChI=1S/C28H40N2O2/c1-27(2,3)22-17-19(18-23(25(22)31)28(4,5)6)15-16-20-11-7-10-14-24(20)30-26(32)29-21-12-8-9-13-21/h7,10-11,14,17-18,21,31H,8-9,12-13,15-16H2,1-6H3,(H2,29,30,32). The summed E-state index contributed by atoms with van der Waals surface area (Å²) in [6, 6.07) is 12.5. The number of carbonyl (C=O) groups excluding carboxylic acids is 1. The predicted molar refractivity (Wildman–Crippen MR) is 134 cm³/mol. The number of para-hydroxylation sites is 1. The van der Waals surface area contributed by atoms with Crippen LogP contribution >= 0.6 is 0 Å². The average Bonchev–Trinajstić information content (AvgIpc) is 3.19. The maximum Gasteiger partial charge on any atom is 0.319 e. The number of urea groups is 1. The number of nitrogens with one attached hydrogen (secondary N) is 2. The molecule has 0 radical (unpaired) electrons. The Morgan fingerprint density at radius 1 is 0.938 bits per heavy atom. The smallest absolute Gasteiger partial charge is 0.319 e. The van der Waals surface area contributed by atoms with Crippen LogP contribution in [0.3, 0.4) is 0 Å². The molecule has 32 heavy (non-hydrogen) atoms. The summed E-state index contributed by atoms with van der Waals surface area (Å²) >= 11 is 0. The van der Waals surface area contributed by atoms with E-state index in [9.17, 15) is 9.90 Å². The monoisotopic (exact) mass is 436 g/mol. The van der Waals surface area contributed by atoms with Crippen LogP contribution in [0.5, 0.6) is 5.75 Å². The predicted octanol–water partition coefficient (Wildman–Crippen LogP) is 6.84. The van der Waals surface area contributed by atoms with Crippen LogP contribution in [0.4, 0.5) is 10.5 Å². The zero-order valence-corrected chi connectivity index (χ0v) is 20.6. The fraction of sp³-hybridized carbons (Fsp3) is 0.536. The Morgan fingerprint density at radius 3 is 2.06 bits per heavy atom. The van der Waals surface area contributed by atoms with Crippen molar-refractivity contribution >= 4 is 11.7 Å². The summed E-state index contributed by atoms with van der Waals surface area (Å²) in [5, 5.41) is 17.1. The lowest BCUT2D eigenvalue weighted by Crippen LogP contribution is -2.36. The fourth-order valence-electron chi connectivity index (χ4n) is 4.54. The molecule has 0 atom stereocenters. The maximum absolute atomic E-state index is 12.5. The number of hydrogen-bond donors (Lipinski definition) is 3. The van der Waals surface area contributed by atoms with Crippen molar-refractivity contribution in [2.24, 2.45) is 0 Å². The van der Waals surface area contributed by atoms with E-state index >= 15 is 0 Å². The van der Waals surface area contributed by atoms with Crippen LogP contribution < -0.4 is 10.6 Å². The van der Waals surface area contributed by atoms with E-state index in [-0.39, 0.29) is 16.9 Å². The number of phenolic OH excluding ortho intramolecular Hbond substituents is 1. The van der Waals surface area contributed by atoms with Gasteiger partial charge in [-0.05, 0) is 64.8 Å². The van der Waals surface area contributed by atoms with E-state index in [1.165, 1.54) is 18.4 Å². The number of benzene rings is 2. The van der Waals surface area contributed by atoms with Crippen LogP contribution in [0, 0.1) is 0 Å². The van der Waals surface area contributed by atoms with E-state index in [0.717, 1.165) is 48.1 Å². The van der Waals surface area contributed by atoms with E-state index in [2.05, 4.69) is 70.4 Å². The lowest BCUT2D eigenvalue weighted by Gasteiger charge is -2.28. The van der Waals surface area contributed by atoms with E-state index in [0.29, 0.717) is 11.8 Å². The van der Waals surface area contributed by atoms with Gasteiger partial charge in [-0.1, -0.05) is 84.7 Å². The number of phenols is 1. The topological polar surface area (TPSA) is 61.4 Å². The number of anilines is 1. The summed E-state index contributed by atoms with van der Waals surface area (Å²) in [7, 11) is 0. The van der Waals surface area contributed by atoms with Gasteiger partial charge in [0, 0.05) is 11.7 Å². The molecule has 1 aliphatic carbocycles. The number of amides is 2. The SMILES string of the molecule is CC(C)(C)c1cc(CCc2ccccc2NC(=O)NC2CCCC2)cc(C(C)(C)C)c1O. The molecule has 3 rings (SSSR count). The highest BCUT2D eigenvalue weighted by Crippen LogP contribution is 2.40. The zero-order chi connectivity index (χ0) is 23.5. The maximum atomic E-state index is 12.5. The van der Waals surface area contributed by atoms with Gasteiger partial charge in [0.2, 0.25) is 0 Å². The van der Waals surface area contributed by atoms with Gasteiger partial charge in [0.15, 0.2) is 0 Å². The second-order valence-corrected chi connectivity index (χ2v) is 11.3. The summed E-state index contributed by atoms with van der Waals surface area (Å²) in [5.74, 6) is 0.416. The van der Waals surface area contributed by atoms with Crippen LogP contribution in [0.2, 0.25) is 0 Å². The number of hydrogen-bond acceptors (Lipinski definition) is 2. The highest BCUT2D eigenvalue weighted by molar-refractivity contribution is 5.90. The van der Waals surface area contributed by atoms with Crippen molar-refractivity contribution in [1.82, 2.24) is 5.32 Å². The van der Waals surface area contributed by atoms with Crippen molar-refractivity contribution < 1.29 is 9.90 Å². The van der Waals surface area contributed by atoms with Crippen LogP contribution in [-0.4, -0.2) is 17.2 Å². The minimum absolute atomic E-state index is 0.112. The zero-order valence-electron chi connectivity index (χ0n) is 20.6. The van der Waals surface area contributed by atoms with Crippen molar-refractivity contribution in [2.75, 3.05) is 5.32 Å².